The van der Waals surface area contributed by atoms with Crippen molar-refractivity contribution >= 4 is 15.8 Å². The van der Waals surface area contributed by atoms with Crippen LogP contribution in [0.3, 0.4) is 0 Å². The third-order valence-electron chi connectivity index (χ3n) is 3.53. The van der Waals surface area contributed by atoms with Crippen LogP contribution in [0, 0.1) is 27.4 Å². The first-order valence-corrected chi connectivity index (χ1v) is 10.00. The van der Waals surface area contributed by atoms with E-state index in [-0.39, 0.29) is 11.3 Å². The number of hydrogen-bond donors (Lipinski definition) is 0. The van der Waals surface area contributed by atoms with Crippen molar-refractivity contribution in [2.45, 2.75) is 26.4 Å². The minimum absolute atomic E-state index is 0.178. The third-order valence-corrected chi connectivity index (χ3v) is 4.09. The molecule has 0 saturated carbocycles. The van der Waals surface area contributed by atoms with E-state index in [9.17, 15) is 18.5 Å². The van der Waals surface area contributed by atoms with Gasteiger partial charge in [0.25, 0.3) is 15.8 Å². The first-order chi connectivity index (χ1) is 12.4. The molecule has 2 rings (SSSR count). The molecule has 2 aromatic rings. The molecule has 0 fully saturated rings. The van der Waals surface area contributed by atoms with Crippen LogP contribution < -0.4 is 0 Å². The molecule has 0 aliphatic heterocycles. The molecule has 0 amide bonds. The average Bonchev–Trinajstić information content (AvgIpc) is 2.58. The highest BCUT2D eigenvalue weighted by atomic mass is 32.2. The van der Waals surface area contributed by atoms with Crippen molar-refractivity contribution in [2.75, 3.05) is 6.26 Å². The van der Waals surface area contributed by atoms with E-state index in [2.05, 4.69) is 11.8 Å². The molecule has 0 aromatic heterocycles. The maximum Gasteiger partial charge on any atom is 0.269 e. The fourth-order valence-corrected chi connectivity index (χ4v) is 3.13. The van der Waals surface area contributed by atoms with Crippen molar-refractivity contribution in [1.29, 1.82) is 0 Å². The maximum atomic E-state index is 12.1. The molecule has 27 heavy (non-hydrogen) atoms. The SMILES string of the molecule is CC(C)(C)C#CC(OS(C)(=O)=O)(c1ccccc1)c1cccc([N+](=O)[O-])c1. The summed E-state index contributed by atoms with van der Waals surface area (Å²) in [5.41, 5.74) is -1.59. The van der Waals surface area contributed by atoms with E-state index >= 15 is 0 Å². The molecule has 6 nitrogen and oxygen atoms in total. The lowest BCUT2D eigenvalue weighted by molar-refractivity contribution is -0.385. The van der Waals surface area contributed by atoms with Gasteiger partial charge in [-0.2, -0.15) is 8.42 Å². The molecule has 7 heteroatoms. The minimum Gasteiger partial charge on any atom is -0.258 e. The summed E-state index contributed by atoms with van der Waals surface area (Å²) in [7, 11) is -3.95. The minimum atomic E-state index is -3.95. The van der Waals surface area contributed by atoms with Gasteiger partial charge in [0.1, 0.15) is 0 Å². The summed E-state index contributed by atoms with van der Waals surface area (Å²) in [6, 6.07) is 14.3. The molecule has 0 saturated heterocycles. The molecule has 0 bridgehead atoms. The van der Waals surface area contributed by atoms with Crippen molar-refractivity contribution in [2.24, 2.45) is 5.41 Å². The van der Waals surface area contributed by atoms with E-state index < -0.39 is 26.1 Å². The van der Waals surface area contributed by atoms with Crippen molar-refractivity contribution in [1.82, 2.24) is 0 Å². The zero-order valence-corrected chi connectivity index (χ0v) is 16.4. The van der Waals surface area contributed by atoms with E-state index in [0.717, 1.165) is 6.26 Å². The van der Waals surface area contributed by atoms with Crippen molar-refractivity contribution < 1.29 is 17.5 Å². The Labute approximate surface area is 159 Å². The highest BCUT2D eigenvalue weighted by Crippen LogP contribution is 2.36. The number of rotatable bonds is 5. The summed E-state index contributed by atoms with van der Waals surface area (Å²) in [5.74, 6) is 5.98. The Hall–Kier alpha value is -2.69. The van der Waals surface area contributed by atoms with Crippen LogP contribution in [0.5, 0.6) is 0 Å². The first-order valence-electron chi connectivity index (χ1n) is 8.18. The average molecular weight is 387 g/mol. The quantitative estimate of drug-likeness (QED) is 0.336. The Kier molecular flexibility index (Phi) is 5.73. The molecule has 0 radical (unpaired) electrons. The first kappa shape index (κ1) is 20.6. The molecule has 0 heterocycles. The van der Waals surface area contributed by atoms with Crippen molar-refractivity contribution in [3.05, 3.63) is 75.8 Å². The van der Waals surface area contributed by atoms with Crippen LogP contribution in [-0.4, -0.2) is 19.6 Å². The second-order valence-electron chi connectivity index (χ2n) is 7.14. The third kappa shape index (κ3) is 5.39. The van der Waals surface area contributed by atoms with Gasteiger partial charge in [-0.05, 0) is 20.8 Å². The number of nitro groups is 1. The van der Waals surface area contributed by atoms with Gasteiger partial charge in [-0.1, -0.05) is 54.3 Å². The Morgan fingerprint density at radius 1 is 0.963 bits per heavy atom. The topological polar surface area (TPSA) is 86.5 Å². The van der Waals surface area contributed by atoms with Crippen molar-refractivity contribution in [3.8, 4) is 11.8 Å². The second-order valence-corrected chi connectivity index (χ2v) is 8.72. The van der Waals surface area contributed by atoms with Crippen LogP contribution in [0.1, 0.15) is 31.9 Å². The van der Waals surface area contributed by atoms with Gasteiger partial charge in [0.2, 0.25) is 0 Å². The van der Waals surface area contributed by atoms with Gasteiger partial charge in [-0.3, -0.25) is 10.1 Å². The van der Waals surface area contributed by atoms with E-state index in [1.165, 1.54) is 18.2 Å². The van der Waals surface area contributed by atoms with Gasteiger partial charge < -0.3 is 0 Å². The molecule has 1 unspecified atom stereocenters. The molecule has 1 atom stereocenters. The molecule has 0 N–H and O–H groups in total. The van der Waals surface area contributed by atoms with E-state index in [1.54, 1.807) is 36.4 Å². The molecule has 0 aliphatic rings. The van der Waals surface area contributed by atoms with Gasteiger partial charge in [0.05, 0.1) is 11.2 Å². The highest BCUT2D eigenvalue weighted by Gasteiger charge is 2.39. The molecular weight excluding hydrogens is 366 g/mol. The summed E-state index contributed by atoms with van der Waals surface area (Å²) >= 11 is 0. The van der Waals surface area contributed by atoms with Crippen LogP contribution >= 0.6 is 0 Å². The Bertz CT molecular complexity index is 998. The zero-order chi connectivity index (χ0) is 20.3. The lowest BCUT2D eigenvalue weighted by Gasteiger charge is -2.29. The van der Waals surface area contributed by atoms with E-state index in [0.29, 0.717) is 5.56 Å². The zero-order valence-electron chi connectivity index (χ0n) is 15.6. The van der Waals surface area contributed by atoms with Gasteiger partial charge in [-0.15, -0.1) is 0 Å². The monoisotopic (exact) mass is 387 g/mol. The van der Waals surface area contributed by atoms with Crippen LogP contribution in [0.2, 0.25) is 0 Å². The van der Waals surface area contributed by atoms with E-state index in [4.69, 9.17) is 4.18 Å². The fourth-order valence-electron chi connectivity index (χ4n) is 2.44. The summed E-state index contributed by atoms with van der Waals surface area (Å²) < 4.78 is 29.7. The standard InChI is InChI=1S/C20H21NO5S/c1-19(2,3)13-14-20(26-27(4,24)25,16-9-6-5-7-10-16)17-11-8-12-18(15-17)21(22)23/h5-12,15H,1-4H3. The summed E-state index contributed by atoms with van der Waals surface area (Å²) in [6.45, 7) is 5.64. The molecule has 0 spiro atoms. The Morgan fingerprint density at radius 2 is 1.56 bits per heavy atom. The van der Waals surface area contributed by atoms with Crippen molar-refractivity contribution in [3.63, 3.8) is 0 Å². The smallest absolute Gasteiger partial charge is 0.258 e. The number of nitrogens with zero attached hydrogens (tertiary/aromatic N) is 1. The lowest BCUT2D eigenvalue weighted by Crippen LogP contribution is -2.32. The molecule has 2 aromatic carbocycles. The number of hydrogen-bond acceptors (Lipinski definition) is 5. The van der Waals surface area contributed by atoms with Crippen LogP contribution in [0.15, 0.2) is 54.6 Å². The summed E-state index contributed by atoms with van der Waals surface area (Å²) in [4.78, 5) is 10.7. The number of benzene rings is 2. The van der Waals surface area contributed by atoms with Crippen LogP contribution in [-0.2, 0) is 19.9 Å². The van der Waals surface area contributed by atoms with Gasteiger partial charge in [0.15, 0.2) is 5.60 Å². The molecular formula is C20H21NO5S. The normalized spacial score (nSPS) is 13.9. The second kappa shape index (κ2) is 7.51. The number of non-ortho nitro benzene ring substituents is 1. The predicted molar refractivity (Wildman–Crippen MR) is 103 cm³/mol. The molecule has 142 valence electrons. The Balaban J connectivity index is 2.88. The van der Waals surface area contributed by atoms with Gasteiger partial charge in [0, 0.05) is 28.7 Å². The van der Waals surface area contributed by atoms with Gasteiger partial charge in [-0.25, -0.2) is 4.18 Å². The highest BCUT2D eigenvalue weighted by molar-refractivity contribution is 7.86. The lowest BCUT2D eigenvalue weighted by atomic mass is 9.85. The summed E-state index contributed by atoms with van der Waals surface area (Å²) in [6.07, 6.45) is 0.931. The number of nitro benzene ring substituents is 1. The predicted octanol–water partition coefficient (Wildman–Crippen LogP) is 3.86. The maximum absolute atomic E-state index is 12.1. The summed E-state index contributed by atoms with van der Waals surface area (Å²) in [5, 5.41) is 11.2. The van der Waals surface area contributed by atoms with Crippen LogP contribution in [0.4, 0.5) is 5.69 Å². The fraction of sp³-hybridized carbons (Fsp3) is 0.300. The van der Waals surface area contributed by atoms with E-state index in [1.807, 2.05) is 20.8 Å². The Morgan fingerprint density at radius 3 is 2.07 bits per heavy atom. The largest absolute Gasteiger partial charge is 0.269 e. The van der Waals surface area contributed by atoms with Crippen LogP contribution in [0.25, 0.3) is 0 Å². The molecule has 0 aliphatic carbocycles. The van der Waals surface area contributed by atoms with Gasteiger partial charge >= 0.3 is 0 Å².